The normalized spacial score (nSPS) is 16.3. The lowest BCUT2D eigenvalue weighted by Gasteiger charge is -2.36. The molecule has 0 saturated carbocycles. The van der Waals surface area contributed by atoms with E-state index in [2.05, 4.69) is 9.97 Å². The summed E-state index contributed by atoms with van der Waals surface area (Å²) in [6.45, 7) is 4.84. The second-order valence-corrected chi connectivity index (χ2v) is 3.89. The number of nitrogens with zero attached hydrogens (tertiary/aromatic N) is 3. The SMILES string of the molecule is Cc1cc(C)nc(N2CC(C(=O)O)C2)n1. The van der Waals surface area contributed by atoms with E-state index < -0.39 is 5.97 Å². The number of aliphatic carboxylic acids is 1. The molecule has 0 amide bonds. The van der Waals surface area contributed by atoms with Crippen LogP contribution in [0.15, 0.2) is 6.07 Å². The van der Waals surface area contributed by atoms with Gasteiger partial charge in [0.25, 0.3) is 0 Å². The van der Waals surface area contributed by atoms with Crippen LogP contribution in [0.3, 0.4) is 0 Å². The molecule has 0 aromatic carbocycles. The van der Waals surface area contributed by atoms with Gasteiger partial charge in [0.05, 0.1) is 5.92 Å². The average molecular weight is 207 g/mol. The molecular weight excluding hydrogens is 194 g/mol. The average Bonchev–Trinajstić information content (AvgIpc) is 1.97. The van der Waals surface area contributed by atoms with Crippen molar-refractivity contribution in [1.82, 2.24) is 9.97 Å². The lowest BCUT2D eigenvalue weighted by atomic mass is 10.0. The molecule has 2 heterocycles. The van der Waals surface area contributed by atoms with Crippen LogP contribution < -0.4 is 4.90 Å². The number of aryl methyl sites for hydroxylation is 2. The van der Waals surface area contributed by atoms with Crippen LogP contribution in [0.1, 0.15) is 11.4 Å². The number of carbonyl (C=O) groups is 1. The highest BCUT2D eigenvalue weighted by Crippen LogP contribution is 2.21. The van der Waals surface area contributed by atoms with Crippen molar-refractivity contribution in [2.45, 2.75) is 13.8 Å². The minimum atomic E-state index is -0.740. The summed E-state index contributed by atoms with van der Waals surface area (Å²) in [6, 6.07) is 1.90. The van der Waals surface area contributed by atoms with Crippen molar-refractivity contribution in [2.75, 3.05) is 18.0 Å². The van der Waals surface area contributed by atoms with Gasteiger partial charge in [0, 0.05) is 24.5 Å². The fourth-order valence-corrected chi connectivity index (χ4v) is 1.65. The van der Waals surface area contributed by atoms with E-state index in [0.29, 0.717) is 19.0 Å². The Morgan fingerprint density at radius 2 is 1.93 bits per heavy atom. The number of rotatable bonds is 2. The zero-order valence-electron chi connectivity index (χ0n) is 8.77. The van der Waals surface area contributed by atoms with E-state index in [1.54, 1.807) is 0 Å². The quantitative estimate of drug-likeness (QED) is 0.769. The molecule has 1 fully saturated rings. The first-order chi connectivity index (χ1) is 7.06. The van der Waals surface area contributed by atoms with Gasteiger partial charge < -0.3 is 10.0 Å². The van der Waals surface area contributed by atoms with Crippen LogP contribution in [0.5, 0.6) is 0 Å². The van der Waals surface area contributed by atoms with Gasteiger partial charge in [-0.1, -0.05) is 0 Å². The van der Waals surface area contributed by atoms with Crippen LogP contribution in [-0.4, -0.2) is 34.1 Å². The minimum absolute atomic E-state index is 0.269. The predicted octanol–water partition coefficient (Wildman–Crippen LogP) is 0.614. The molecule has 0 atom stereocenters. The third kappa shape index (κ3) is 1.91. The smallest absolute Gasteiger partial charge is 0.310 e. The zero-order valence-corrected chi connectivity index (χ0v) is 8.77. The number of carboxylic acid groups (broad SMARTS) is 1. The molecule has 1 aliphatic rings. The lowest BCUT2D eigenvalue weighted by molar-refractivity contribution is -0.142. The summed E-state index contributed by atoms with van der Waals surface area (Å²) < 4.78 is 0. The third-order valence-electron chi connectivity index (χ3n) is 2.48. The maximum Gasteiger partial charge on any atom is 0.310 e. The van der Waals surface area contributed by atoms with Gasteiger partial charge in [-0.05, 0) is 19.9 Å². The largest absolute Gasteiger partial charge is 0.481 e. The lowest BCUT2D eigenvalue weighted by Crippen LogP contribution is -2.51. The standard InChI is InChI=1S/C10H13N3O2/c1-6-3-7(2)12-10(11-6)13-4-8(5-13)9(14)15/h3,8H,4-5H2,1-2H3,(H,14,15). The Balaban J connectivity index is 2.10. The fraction of sp³-hybridized carbons (Fsp3) is 0.500. The van der Waals surface area contributed by atoms with Crippen LogP contribution in [-0.2, 0) is 4.79 Å². The summed E-state index contributed by atoms with van der Waals surface area (Å²) in [5, 5.41) is 8.74. The van der Waals surface area contributed by atoms with Crippen molar-refractivity contribution >= 4 is 11.9 Å². The zero-order chi connectivity index (χ0) is 11.0. The summed E-state index contributed by atoms with van der Waals surface area (Å²) >= 11 is 0. The highest BCUT2D eigenvalue weighted by Gasteiger charge is 2.34. The van der Waals surface area contributed by atoms with E-state index in [4.69, 9.17) is 5.11 Å². The molecule has 0 spiro atoms. The van der Waals surface area contributed by atoms with Gasteiger partial charge in [-0.15, -0.1) is 0 Å². The summed E-state index contributed by atoms with van der Waals surface area (Å²) in [6.07, 6.45) is 0. The van der Waals surface area contributed by atoms with Crippen molar-refractivity contribution in [3.63, 3.8) is 0 Å². The van der Waals surface area contributed by atoms with E-state index >= 15 is 0 Å². The molecule has 0 unspecified atom stereocenters. The first-order valence-electron chi connectivity index (χ1n) is 4.86. The minimum Gasteiger partial charge on any atom is -0.481 e. The summed E-state index contributed by atoms with van der Waals surface area (Å²) in [7, 11) is 0. The highest BCUT2D eigenvalue weighted by atomic mass is 16.4. The van der Waals surface area contributed by atoms with Gasteiger partial charge in [-0.3, -0.25) is 4.79 Å². The Hall–Kier alpha value is -1.65. The molecule has 1 aromatic heterocycles. The van der Waals surface area contributed by atoms with E-state index in [1.807, 2.05) is 24.8 Å². The Kier molecular flexibility index (Phi) is 2.30. The number of hydrogen-bond donors (Lipinski definition) is 1. The molecular formula is C10H13N3O2. The summed E-state index contributed by atoms with van der Waals surface area (Å²) in [5.74, 6) is -0.366. The van der Waals surface area contributed by atoms with Gasteiger partial charge in [-0.25, -0.2) is 9.97 Å². The number of hydrogen-bond acceptors (Lipinski definition) is 4. The predicted molar refractivity (Wildman–Crippen MR) is 54.8 cm³/mol. The van der Waals surface area contributed by atoms with Crippen LogP contribution in [0.2, 0.25) is 0 Å². The Labute approximate surface area is 87.8 Å². The van der Waals surface area contributed by atoms with Gasteiger partial charge in [0.15, 0.2) is 0 Å². The molecule has 0 bridgehead atoms. The van der Waals surface area contributed by atoms with Crippen LogP contribution in [0.25, 0.3) is 0 Å². The Morgan fingerprint density at radius 3 is 2.40 bits per heavy atom. The number of anilines is 1. The van der Waals surface area contributed by atoms with Crippen molar-refractivity contribution in [3.05, 3.63) is 17.5 Å². The molecule has 1 aliphatic heterocycles. The molecule has 80 valence electrons. The number of aromatic nitrogens is 2. The third-order valence-corrected chi connectivity index (χ3v) is 2.48. The molecule has 0 radical (unpaired) electrons. The number of carboxylic acids is 1. The molecule has 1 aromatic rings. The van der Waals surface area contributed by atoms with Crippen molar-refractivity contribution in [1.29, 1.82) is 0 Å². The van der Waals surface area contributed by atoms with Crippen molar-refractivity contribution < 1.29 is 9.90 Å². The van der Waals surface area contributed by atoms with Crippen molar-refractivity contribution in [3.8, 4) is 0 Å². The second kappa shape index (κ2) is 3.49. The molecule has 15 heavy (non-hydrogen) atoms. The molecule has 5 nitrogen and oxygen atoms in total. The Bertz CT molecular complexity index is 379. The maximum absolute atomic E-state index is 10.6. The molecule has 2 rings (SSSR count). The summed E-state index contributed by atoms with van der Waals surface area (Å²) in [4.78, 5) is 21.1. The van der Waals surface area contributed by atoms with Gasteiger partial charge >= 0.3 is 5.97 Å². The maximum atomic E-state index is 10.6. The first kappa shape index (κ1) is 9.89. The summed E-state index contributed by atoms with van der Waals surface area (Å²) in [5.41, 5.74) is 1.83. The highest BCUT2D eigenvalue weighted by molar-refractivity contribution is 5.73. The van der Waals surface area contributed by atoms with Crippen molar-refractivity contribution in [2.24, 2.45) is 5.92 Å². The molecule has 1 N–H and O–H groups in total. The monoisotopic (exact) mass is 207 g/mol. The first-order valence-corrected chi connectivity index (χ1v) is 4.86. The second-order valence-electron chi connectivity index (χ2n) is 3.89. The van der Waals surface area contributed by atoms with Gasteiger partial charge in [0.2, 0.25) is 5.95 Å². The van der Waals surface area contributed by atoms with Crippen LogP contribution >= 0.6 is 0 Å². The molecule has 1 saturated heterocycles. The molecule has 5 heteroatoms. The van der Waals surface area contributed by atoms with Crippen LogP contribution in [0.4, 0.5) is 5.95 Å². The molecule has 0 aliphatic carbocycles. The topological polar surface area (TPSA) is 66.3 Å². The van der Waals surface area contributed by atoms with Crippen LogP contribution in [0, 0.1) is 19.8 Å². The van der Waals surface area contributed by atoms with E-state index in [-0.39, 0.29) is 5.92 Å². The Morgan fingerprint density at radius 1 is 1.40 bits per heavy atom. The van der Waals surface area contributed by atoms with E-state index in [1.165, 1.54) is 0 Å². The van der Waals surface area contributed by atoms with E-state index in [0.717, 1.165) is 11.4 Å². The van der Waals surface area contributed by atoms with Gasteiger partial charge in [0.1, 0.15) is 0 Å². The van der Waals surface area contributed by atoms with Gasteiger partial charge in [-0.2, -0.15) is 0 Å². The van der Waals surface area contributed by atoms with E-state index in [9.17, 15) is 4.79 Å². The fourth-order valence-electron chi connectivity index (χ4n) is 1.65.